The fourth-order valence-corrected chi connectivity index (χ4v) is 2.36. The number of nitrogens with zero attached hydrogens (tertiary/aromatic N) is 3. The van der Waals surface area contributed by atoms with Gasteiger partial charge in [-0.1, -0.05) is 0 Å². The number of rotatable bonds is 3. The van der Waals surface area contributed by atoms with Crippen molar-refractivity contribution in [2.75, 3.05) is 0 Å². The van der Waals surface area contributed by atoms with E-state index in [-0.39, 0.29) is 11.4 Å². The van der Waals surface area contributed by atoms with Gasteiger partial charge in [0.2, 0.25) is 0 Å². The predicted octanol–water partition coefficient (Wildman–Crippen LogP) is 3.94. The van der Waals surface area contributed by atoms with Crippen molar-refractivity contribution in [2.45, 2.75) is 0 Å². The van der Waals surface area contributed by atoms with Gasteiger partial charge in [0.25, 0.3) is 5.69 Å². The number of aromatic nitrogens is 2. The van der Waals surface area contributed by atoms with E-state index in [0.717, 1.165) is 10.5 Å². The largest absolute Gasteiger partial charge is 0.452 e. The topological polar surface area (TPSA) is 69.7 Å². The molecule has 8 heteroatoms. The first-order chi connectivity index (χ1) is 10.1. The number of nitro groups is 1. The maximum absolute atomic E-state index is 13.9. The smallest absolute Gasteiger partial charge is 0.272 e. The molecule has 2 aromatic heterocycles. The van der Waals surface area contributed by atoms with Crippen molar-refractivity contribution in [1.29, 1.82) is 0 Å². The minimum Gasteiger partial charge on any atom is -0.452 e. The van der Waals surface area contributed by atoms with Gasteiger partial charge in [0.15, 0.2) is 17.3 Å². The lowest BCUT2D eigenvalue weighted by Crippen LogP contribution is -1.95. The number of halogens is 2. The van der Waals surface area contributed by atoms with Crippen LogP contribution in [0, 0.1) is 15.9 Å². The molecule has 0 aliphatic heterocycles. The molecule has 6 nitrogen and oxygen atoms in total. The zero-order valence-electron chi connectivity index (χ0n) is 10.4. The summed E-state index contributed by atoms with van der Waals surface area (Å²) < 4.78 is 21.7. The summed E-state index contributed by atoms with van der Waals surface area (Å²) in [6.07, 6.45) is 3.23. The minimum atomic E-state index is -0.804. The van der Waals surface area contributed by atoms with Crippen molar-refractivity contribution in [3.8, 4) is 11.5 Å². The van der Waals surface area contributed by atoms with Gasteiger partial charge in [-0.2, -0.15) is 5.10 Å². The van der Waals surface area contributed by atoms with Crippen LogP contribution >= 0.6 is 15.9 Å². The Hall–Kier alpha value is -2.48. The molecule has 0 aliphatic rings. The van der Waals surface area contributed by atoms with Crippen molar-refractivity contribution < 1.29 is 14.1 Å². The number of non-ortho nitro benzene ring substituents is 1. The van der Waals surface area contributed by atoms with Gasteiger partial charge in [-0.15, -0.1) is 0 Å². The highest BCUT2D eigenvalue weighted by atomic mass is 79.9. The minimum absolute atomic E-state index is 0.0956. The normalized spacial score (nSPS) is 10.8. The second-order valence-corrected chi connectivity index (χ2v) is 4.98. The SMILES string of the molecule is O=[N+]([O-])c1ccc(Oc2ccnn3ccc(Br)c23)c(F)c1. The fourth-order valence-electron chi connectivity index (χ4n) is 1.86. The van der Waals surface area contributed by atoms with E-state index in [1.165, 1.54) is 18.3 Å². The van der Waals surface area contributed by atoms with Gasteiger partial charge in [-0.3, -0.25) is 10.1 Å². The Morgan fingerprint density at radius 3 is 2.81 bits per heavy atom. The van der Waals surface area contributed by atoms with Gasteiger partial charge in [-0.05, 0) is 28.1 Å². The molecule has 1 aromatic carbocycles. The van der Waals surface area contributed by atoms with Gasteiger partial charge < -0.3 is 4.74 Å². The van der Waals surface area contributed by atoms with Gasteiger partial charge in [0, 0.05) is 22.8 Å². The van der Waals surface area contributed by atoms with Gasteiger partial charge in [-0.25, -0.2) is 8.91 Å². The molecule has 0 atom stereocenters. The van der Waals surface area contributed by atoms with Crippen molar-refractivity contribution >= 4 is 27.1 Å². The van der Waals surface area contributed by atoms with E-state index in [2.05, 4.69) is 21.0 Å². The molecule has 0 spiro atoms. The van der Waals surface area contributed by atoms with E-state index >= 15 is 0 Å². The quantitative estimate of drug-likeness (QED) is 0.529. The summed E-state index contributed by atoms with van der Waals surface area (Å²) in [6.45, 7) is 0. The molecular weight excluding hydrogens is 345 g/mol. The van der Waals surface area contributed by atoms with Crippen molar-refractivity contribution in [3.05, 3.63) is 63.1 Å². The average Bonchev–Trinajstić information content (AvgIpc) is 2.83. The van der Waals surface area contributed by atoms with E-state index in [0.29, 0.717) is 11.3 Å². The number of nitro benzene ring substituents is 1. The lowest BCUT2D eigenvalue weighted by molar-refractivity contribution is -0.385. The molecule has 0 N–H and O–H groups in total. The van der Waals surface area contributed by atoms with Crippen LogP contribution in [0.15, 0.2) is 47.2 Å². The zero-order valence-corrected chi connectivity index (χ0v) is 11.9. The Balaban J connectivity index is 2.03. The van der Waals surface area contributed by atoms with Crippen LogP contribution in [0.2, 0.25) is 0 Å². The lowest BCUT2D eigenvalue weighted by atomic mass is 10.3. The van der Waals surface area contributed by atoms with E-state index in [9.17, 15) is 14.5 Å². The van der Waals surface area contributed by atoms with Crippen molar-refractivity contribution in [1.82, 2.24) is 9.61 Å². The number of fused-ring (bicyclic) bond motifs is 1. The first-order valence-electron chi connectivity index (χ1n) is 5.80. The summed E-state index contributed by atoms with van der Waals surface area (Å²) in [5.41, 5.74) is 0.304. The molecule has 0 radical (unpaired) electrons. The molecular formula is C13H7BrFN3O3. The van der Waals surface area contributed by atoms with Crippen LogP contribution in [0.25, 0.3) is 5.52 Å². The van der Waals surface area contributed by atoms with Gasteiger partial charge >= 0.3 is 0 Å². The number of hydrogen-bond donors (Lipinski definition) is 0. The van der Waals surface area contributed by atoms with Gasteiger partial charge in [0.1, 0.15) is 5.52 Å². The molecule has 0 fully saturated rings. The third kappa shape index (κ3) is 2.45. The second-order valence-electron chi connectivity index (χ2n) is 4.13. The molecule has 106 valence electrons. The Kier molecular flexibility index (Phi) is 3.30. The summed E-state index contributed by atoms with van der Waals surface area (Å²) >= 11 is 3.36. The Bertz CT molecular complexity index is 850. The summed E-state index contributed by atoms with van der Waals surface area (Å²) in [7, 11) is 0. The van der Waals surface area contributed by atoms with Crippen LogP contribution in [-0.4, -0.2) is 14.5 Å². The highest BCUT2D eigenvalue weighted by Crippen LogP contribution is 2.33. The van der Waals surface area contributed by atoms with Crippen LogP contribution in [-0.2, 0) is 0 Å². The predicted molar refractivity (Wildman–Crippen MR) is 76.0 cm³/mol. The van der Waals surface area contributed by atoms with Crippen LogP contribution in [0.1, 0.15) is 0 Å². The molecule has 0 saturated carbocycles. The van der Waals surface area contributed by atoms with E-state index < -0.39 is 10.7 Å². The standard InChI is InChI=1S/C13H7BrFN3O3/c14-9-4-6-17-13(9)12(3-5-16-17)21-11-2-1-8(18(19)20)7-10(11)15/h1-7H. The molecule has 0 unspecified atom stereocenters. The molecule has 3 rings (SSSR count). The molecule has 2 heterocycles. The number of ether oxygens (including phenoxy) is 1. The van der Waals surface area contributed by atoms with Crippen LogP contribution in [0.3, 0.4) is 0 Å². The van der Waals surface area contributed by atoms with Crippen LogP contribution in [0.4, 0.5) is 10.1 Å². The molecule has 0 bridgehead atoms. The first-order valence-corrected chi connectivity index (χ1v) is 6.59. The van der Waals surface area contributed by atoms with Crippen LogP contribution in [0.5, 0.6) is 11.5 Å². The number of benzene rings is 1. The maximum atomic E-state index is 13.9. The van der Waals surface area contributed by atoms with Crippen molar-refractivity contribution in [2.24, 2.45) is 0 Å². The highest BCUT2D eigenvalue weighted by molar-refractivity contribution is 9.10. The second kappa shape index (κ2) is 5.13. The monoisotopic (exact) mass is 351 g/mol. The Morgan fingerprint density at radius 2 is 2.10 bits per heavy atom. The third-order valence-electron chi connectivity index (χ3n) is 2.81. The zero-order chi connectivity index (χ0) is 15.0. The fraction of sp³-hybridized carbons (Fsp3) is 0. The summed E-state index contributed by atoms with van der Waals surface area (Å²) in [5.74, 6) is -0.515. The molecule has 3 aromatic rings. The summed E-state index contributed by atoms with van der Waals surface area (Å²) in [5, 5.41) is 14.7. The molecule has 0 amide bonds. The maximum Gasteiger partial charge on any atom is 0.272 e. The Labute approximate surface area is 126 Å². The Morgan fingerprint density at radius 1 is 1.29 bits per heavy atom. The third-order valence-corrected chi connectivity index (χ3v) is 3.45. The molecule has 0 aliphatic carbocycles. The van der Waals surface area contributed by atoms with Crippen molar-refractivity contribution in [3.63, 3.8) is 0 Å². The summed E-state index contributed by atoms with van der Waals surface area (Å²) in [6, 6.07) is 6.59. The van der Waals surface area contributed by atoms with E-state index in [4.69, 9.17) is 4.74 Å². The van der Waals surface area contributed by atoms with E-state index in [1.807, 2.05) is 0 Å². The molecule has 0 saturated heterocycles. The first kappa shape index (κ1) is 13.5. The summed E-state index contributed by atoms with van der Waals surface area (Å²) in [4.78, 5) is 9.92. The average molecular weight is 352 g/mol. The van der Waals surface area contributed by atoms with Gasteiger partial charge in [0.05, 0.1) is 17.2 Å². The molecule has 21 heavy (non-hydrogen) atoms. The van der Waals surface area contributed by atoms with Crippen LogP contribution < -0.4 is 4.74 Å². The highest BCUT2D eigenvalue weighted by Gasteiger charge is 2.14. The number of hydrogen-bond acceptors (Lipinski definition) is 4. The lowest BCUT2D eigenvalue weighted by Gasteiger charge is -2.08. The van der Waals surface area contributed by atoms with E-state index in [1.54, 1.807) is 22.8 Å².